The first kappa shape index (κ1) is 6.97. The molecule has 0 spiro atoms. The Bertz CT molecular complexity index is 128. The van der Waals surface area contributed by atoms with Gasteiger partial charge in [0.2, 0.25) is 0 Å². The third kappa shape index (κ3) is 3.17. The maximum Gasteiger partial charge on any atom is 0.0694 e. The van der Waals surface area contributed by atoms with E-state index in [1.807, 2.05) is 6.92 Å². The number of nitriles is 1. The molecule has 1 atom stereocenters. The van der Waals surface area contributed by atoms with E-state index in [1.54, 1.807) is 18.2 Å². The lowest BCUT2D eigenvalue weighted by Crippen LogP contribution is -1.78. The van der Waals surface area contributed by atoms with Gasteiger partial charge < -0.3 is 0 Å². The van der Waals surface area contributed by atoms with Gasteiger partial charge in [-0.05, 0) is 6.92 Å². The fraction of sp³-hybridized carbons (Fsp3) is 0.286. The summed E-state index contributed by atoms with van der Waals surface area (Å²) in [6.07, 6.45) is 5.23. The van der Waals surface area contributed by atoms with E-state index in [4.69, 9.17) is 5.26 Å². The molecule has 0 fully saturated rings. The lowest BCUT2D eigenvalue weighted by atomic mass is 10.2. The third-order valence-corrected chi connectivity index (χ3v) is 0.740. The van der Waals surface area contributed by atoms with Crippen molar-refractivity contribution in [2.75, 3.05) is 0 Å². The molecular weight excluding hydrogens is 98.1 g/mol. The van der Waals surface area contributed by atoms with Crippen molar-refractivity contribution < 1.29 is 0 Å². The van der Waals surface area contributed by atoms with Crippen LogP contribution >= 0.6 is 0 Å². The average Bonchev–Trinajstić information content (AvgIpc) is 1.83. The lowest BCUT2D eigenvalue weighted by Gasteiger charge is -1.84. The second kappa shape index (κ2) is 4.14. The summed E-state index contributed by atoms with van der Waals surface area (Å²) >= 11 is 0. The highest BCUT2D eigenvalue weighted by Crippen LogP contribution is 1.92. The standard InChI is InChI=1S/C7H9N/c1-3-4-5-7(2)6-8/h3-5,7H,1H2,2H3/b5-4-. The van der Waals surface area contributed by atoms with Gasteiger partial charge in [-0.25, -0.2) is 0 Å². The van der Waals surface area contributed by atoms with E-state index >= 15 is 0 Å². The number of allylic oxidation sites excluding steroid dienone is 3. The monoisotopic (exact) mass is 107 g/mol. The molecule has 0 aromatic heterocycles. The minimum Gasteiger partial charge on any atom is -0.198 e. The topological polar surface area (TPSA) is 23.8 Å². The molecule has 0 rings (SSSR count). The van der Waals surface area contributed by atoms with Crippen LogP contribution in [0.2, 0.25) is 0 Å². The van der Waals surface area contributed by atoms with Crippen molar-refractivity contribution >= 4 is 0 Å². The first-order valence-corrected chi connectivity index (χ1v) is 2.50. The van der Waals surface area contributed by atoms with Gasteiger partial charge in [-0.1, -0.05) is 24.8 Å². The van der Waals surface area contributed by atoms with Gasteiger partial charge in [0.25, 0.3) is 0 Å². The Morgan fingerprint density at radius 1 is 1.75 bits per heavy atom. The zero-order valence-electron chi connectivity index (χ0n) is 4.96. The predicted molar refractivity (Wildman–Crippen MR) is 34.1 cm³/mol. The van der Waals surface area contributed by atoms with Crippen molar-refractivity contribution in [2.45, 2.75) is 6.92 Å². The number of nitrogens with zero attached hydrogens (tertiary/aromatic N) is 1. The smallest absolute Gasteiger partial charge is 0.0694 e. The first-order valence-electron chi connectivity index (χ1n) is 2.50. The third-order valence-electron chi connectivity index (χ3n) is 0.740. The molecule has 0 aliphatic carbocycles. The number of rotatable bonds is 2. The van der Waals surface area contributed by atoms with Gasteiger partial charge in [0.15, 0.2) is 0 Å². The van der Waals surface area contributed by atoms with E-state index in [0.717, 1.165) is 0 Å². The van der Waals surface area contributed by atoms with Gasteiger partial charge >= 0.3 is 0 Å². The molecule has 0 aliphatic rings. The van der Waals surface area contributed by atoms with Crippen molar-refractivity contribution in [1.29, 1.82) is 5.26 Å². The summed E-state index contributed by atoms with van der Waals surface area (Å²) in [6.45, 7) is 5.30. The molecular formula is C7H9N. The maximum atomic E-state index is 8.23. The minimum absolute atomic E-state index is 0.00741. The highest BCUT2D eigenvalue weighted by atomic mass is 14.2. The van der Waals surface area contributed by atoms with Crippen LogP contribution in [0, 0.1) is 17.2 Å². The summed E-state index contributed by atoms with van der Waals surface area (Å²) in [5.74, 6) is 0.00741. The van der Waals surface area contributed by atoms with Crippen LogP contribution < -0.4 is 0 Å². The molecule has 1 heteroatoms. The molecule has 0 amide bonds. The van der Waals surface area contributed by atoms with Crippen LogP contribution in [0.25, 0.3) is 0 Å². The molecule has 8 heavy (non-hydrogen) atoms. The molecule has 0 aliphatic heterocycles. The number of hydrogen-bond donors (Lipinski definition) is 0. The molecule has 42 valence electrons. The van der Waals surface area contributed by atoms with E-state index < -0.39 is 0 Å². The molecule has 0 bridgehead atoms. The predicted octanol–water partition coefficient (Wildman–Crippen LogP) is 1.89. The van der Waals surface area contributed by atoms with Crippen molar-refractivity contribution in [2.24, 2.45) is 5.92 Å². The van der Waals surface area contributed by atoms with E-state index in [2.05, 4.69) is 12.6 Å². The summed E-state index contributed by atoms with van der Waals surface area (Å²) in [4.78, 5) is 0. The Morgan fingerprint density at radius 2 is 2.38 bits per heavy atom. The Labute approximate surface area is 49.9 Å². The van der Waals surface area contributed by atoms with Gasteiger partial charge in [0, 0.05) is 0 Å². The Balaban J connectivity index is 3.56. The van der Waals surface area contributed by atoms with Gasteiger partial charge in [-0.2, -0.15) is 5.26 Å². The molecule has 0 heterocycles. The normalized spacial score (nSPS) is 13.0. The zero-order valence-corrected chi connectivity index (χ0v) is 4.96. The molecule has 0 radical (unpaired) electrons. The molecule has 1 unspecified atom stereocenters. The molecule has 0 N–H and O–H groups in total. The fourth-order valence-electron chi connectivity index (χ4n) is 0.288. The first-order chi connectivity index (χ1) is 3.81. The minimum atomic E-state index is 0.00741. The van der Waals surface area contributed by atoms with Gasteiger partial charge in [-0.3, -0.25) is 0 Å². The van der Waals surface area contributed by atoms with E-state index in [-0.39, 0.29) is 5.92 Å². The molecule has 0 aromatic rings. The van der Waals surface area contributed by atoms with Crippen molar-refractivity contribution in [3.63, 3.8) is 0 Å². The summed E-state index contributed by atoms with van der Waals surface area (Å²) in [5, 5.41) is 8.23. The van der Waals surface area contributed by atoms with Crippen LogP contribution in [-0.2, 0) is 0 Å². The fourth-order valence-corrected chi connectivity index (χ4v) is 0.288. The Hall–Kier alpha value is -1.03. The number of hydrogen-bond acceptors (Lipinski definition) is 1. The van der Waals surface area contributed by atoms with Gasteiger partial charge in [0.1, 0.15) is 0 Å². The van der Waals surface area contributed by atoms with Crippen LogP contribution in [0.3, 0.4) is 0 Å². The molecule has 1 nitrogen and oxygen atoms in total. The molecule has 0 saturated heterocycles. The molecule has 0 saturated carbocycles. The van der Waals surface area contributed by atoms with E-state index in [9.17, 15) is 0 Å². The van der Waals surface area contributed by atoms with Gasteiger partial charge in [-0.15, -0.1) is 0 Å². The van der Waals surface area contributed by atoms with Gasteiger partial charge in [0.05, 0.1) is 12.0 Å². The Kier molecular flexibility index (Phi) is 3.60. The summed E-state index contributed by atoms with van der Waals surface area (Å²) in [5.41, 5.74) is 0. The molecule has 0 aromatic carbocycles. The van der Waals surface area contributed by atoms with Crippen LogP contribution in [0.4, 0.5) is 0 Å². The van der Waals surface area contributed by atoms with Crippen molar-refractivity contribution in [3.05, 3.63) is 24.8 Å². The summed E-state index contributed by atoms with van der Waals surface area (Å²) in [7, 11) is 0. The second-order valence-corrected chi connectivity index (χ2v) is 1.54. The Morgan fingerprint density at radius 3 is 2.75 bits per heavy atom. The average molecular weight is 107 g/mol. The summed E-state index contributed by atoms with van der Waals surface area (Å²) in [6, 6.07) is 2.07. The van der Waals surface area contributed by atoms with Crippen molar-refractivity contribution in [1.82, 2.24) is 0 Å². The lowest BCUT2D eigenvalue weighted by molar-refractivity contribution is 0.957. The maximum absolute atomic E-state index is 8.23. The van der Waals surface area contributed by atoms with Crippen LogP contribution in [0.15, 0.2) is 24.8 Å². The summed E-state index contributed by atoms with van der Waals surface area (Å²) < 4.78 is 0. The van der Waals surface area contributed by atoms with E-state index in [0.29, 0.717) is 0 Å². The second-order valence-electron chi connectivity index (χ2n) is 1.54. The highest BCUT2D eigenvalue weighted by Gasteiger charge is 1.86. The van der Waals surface area contributed by atoms with Crippen LogP contribution in [0.1, 0.15) is 6.92 Å². The largest absolute Gasteiger partial charge is 0.198 e. The van der Waals surface area contributed by atoms with Crippen molar-refractivity contribution in [3.8, 4) is 6.07 Å². The van der Waals surface area contributed by atoms with Crippen LogP contribution in [-0.4, -0.2) is 0 Å². The quantitative estimate of drug-likeness (QED) is 0.494. The van der Waals surface area contributed by atoms with Crippen LogP contribution in [0.5, 0.6) is 0 Å². The SMILES string of the molecule is C=C/C=C\C(C)C#N. The zero-order chi connectivity index (χ0) is 6.41. The highest BCUT2D eigenvalue weighted by molar-refractivity contribution is 5.04. The van der Waals surface area contributed by atoms with E-state index in [1.165, 1.54) is 0 Å².